The first-order valence-electron chi connectivity index (χ1n) is 7.58. The first kappa shape index (κ1) is 13.4. The highest BCUT2D eigenvalue weighted by Gasteiger charge is 2.34. The second-order valence-corrected chi connectivity index (χ2v) is 6.07. The zero-order chi connectivity index (χ0) is 12.1. The fourth-order valence-corrected chi connectivity index (χ4v) is 3.47. The molecule has 2 nitrogen and oxygen atoms in total. The Morgan fingerprint density at radius 3 is 2.65 bits per heavy atom. The molecule has 0 heterocycles. The highest BCUT2D eigenvalue weighted by molar-refractivity contribution is 4.88. The SMILES string of the molecule is CCCC(COC)NC1CCCC(C2CC2)C1. The van der Waals surface area contributed by atoms with Crippen LogP contribution >= 0.6 is 0 Å². The molecule has 0 aliphatic heterocycles. The summed E-state index contributed by atoms with van der Waals surface area (Å²) in [5.41, 5.74) is 0. The summed E-state index contributed by atoms with van der Waals surface area (Å²) in [6.45, 7) is 3.14. The van der Waals surface area contributed by atoms with Gasteiger partial charge in [-0.15, -0.1) is 0 Å². The summed E-state index contributed by atoms with van der Waals surface area (Å²) in [7, 11) is 1.82. The van der Waals surface area contributed by atoms with Gasteiger partial charge in [0.2, 0.25) is 0 Å². The normalized spacial score (nSPS) is 31.4. The van der Waals surface area contributed by atoms with Crippen LogP contribution in [0.3, 0.4) is 0 Å². The van der Waals surface area contributed by atoms with Crippen molar-refractivity contribution in [2.75, 3.05) is 13.7 Å². The second-order valence-electron chi connectivity index (χ2n) is 6.07. The zero-order valence-corrected chi connectivity index (χ0v) is 11.6. The van der Waals surface area contributed by atoms with E-state index in [4.69, 9.17) is 4.74 Å². The third-order valence-electron chi connectivity index (χ3n) is 4.48. The molecule has 0 aromatic rings. The molecule has 1 N–H and O–H groups in total. The van der Waals surface area contributed by atoms with Crippen LogP contribution in [0.4, 0.5) is 0 Å². The van der Waals surface area contributed by atoms with Gasteiger partial charge in [-0.05, 0) is 43.9 Å². The van der Waals surface area contributed by atoms with Crippen LogP contribution in [0, 0.1) is 11.8 Å². The molecule has 0 aromatic heterocycles. The van der Waals surface area contributed by atoms with Gasteiger partial charge in [0.05, 0.1) is 6.61 Å². The van der Waals surface area contributed by atoms with Crippen molar-refractivity contribution in [3.8, 4) is 0 Å². The maximum absolute atomic E-state index is 5.32. The van der Waals surface area contributed by atoms with Gasteiger partial charge in [-0.25, -0.2) is 0 Å². The predicted octanol–water partition coefficient (Wildman–Crippen LogP) is 3.36. The van der Waals surface area contributed by atoms with E-state index < -0.39 is 0 Å². The lowest BCUT2D eigenvalue weighted by molar-refractivity contribution is 0.144. The van der Waals surface area contributed by atoms with Gasteiger partial charge in [0.1, 0.15) is 0 Å². The Hall–Kier alpha value is -0.0800. The average molecular weight is 239 g/mol. The van der Waals surface area contributed by atoms with Crippen molar-refractivity contribution < 1.29 is 4.74 Å². The third-order valence-corrected chi connectivity index (χ3v) is 4.48. The van der Waals surface area contributed by atoms with E-state index in [2.05, 4.69) is 12.2 Å². The van der Waals surface area contributed by atoms with E-state index in [0.717, 1.165) is 24.5 Å². The maximum Gasteiger partial charge on any atom is 0.0615 e. The van der Waals surface area contributed by atoms with Crippen LogP contribution in [-0.2, 0) is 4.74 Å². The van der Waals surface area contributed by atoms with Crippen molar-refractivity contribution in [1.29, 1.82) is 0 Å². The molecular weight excluding hydrogens is 210 g/mol. The van der Waals surface area contributed by atoms with Crippen molar-refractivity contribution >= 4 is 0 Å². The van der Waals surface area contributed by atoms with E-state index in [-0.39, 0.29) is 0 Å². The maximum atomic E-state index is 5.32. The number of methoxy groups -OCH3 is 1. The largest absolute Gasteiger partial charge is 0.383 e. The standard InChI is InChI=1S/C15H29NO/c1-3-5-15(11-17-2)16-14-7-4-6-13(10-14)12-8-9-12/h12-16H,3-11H2,1-2H3. The Morgan fingerprint density at radius 2 is 2.00 bits per heavy atom. The van der Waals surface area contributed by atoms with Gasteiger partial charge in [0, 0.05) is 19.2 Å². The van der Waals surface area contributed by atoms with Gasteiger partial charge in [-0.3, -0.25) is 0 Å². The molecule has 0 radical (unpaired) electrons. The molecule has 0 aromatic carbocycles. The van der Waals surface area contributed by atoms with Crippen LogP contribution in [-0.4, -0.2) is 25.8 Å². The summed E-state index contributed by atoms with van der Waals surface area (Å²) >= 11 is 0. The molecule has 2 fully saturated rings. The molecule has 3 unspecified atom stereocenters. The van der Waals surface area contributed by atoms with Gasteiger partial charge < -0.3 is 10.1 Å². The molecule has 2 heteroatoms. The van der Waals surface area contributed by atoms with Gasteiger partial charge in [-0.1, -0.05) is 26.2 Å². The average Bonchev–Trinajstić information content (AvgIpc) is 3.14. The summed E-state index contributed by atoms with van der Waals surface area (Å²) in [4.78, 5) is 0. The summed E-state index contributed by atoms with van der Waals surface area (Å²) in [5, 5.41) is 3.85. The number of nitrogens with one attached hydrogen (secondary N) is 1. The van der Waals surface area contributed by atoms with Crippen LogP contribution < -0.4 is 5.32 Å². The van der Waals surface area contributed by atoms with Gasteiger partial charge >= 0.3 is 0 Å². The quantitative estimate of drug-likeness (QED) is 0.735. The van der Waals surface area contributed by atoms with Crippen molar-refractivity contribution in [2.45, 2.75) is 70.4 Å². The molecule has 0 spiro atoms. The second kappa shape index (κ2) is 6.75. The number of ether oxygens (including phenoxy) is 1. The minimum atomic E-state index is 0.577. The van der Waals surface area contributed by atoms with E-state index in [9.17, 15) is 0 Å². The van der Waals surface area contributed by atoms with Gasteiger partial charge in [0.25, 0.3) is 0 Å². The Bertz CT molecular complexity index is 209. The Kier molecular flexibility index (Phi) is 5.30. The minimum absolute atomic E-state index is 0.577. The Morgan fingerprint density at radius 1 is 1.18 bits per heavy atom. The van der Waals surface area contributed by atoms with Crippen molar-refractivity contribution in [3.63, 3.8) is 0 Å². The highest BCUT2D eigenvalue weighted by Crippen LogP contribution is 2.43. The third kappa shape index (κ3) is 4.26. The summed E-state index contributed by atoms with van der Waals surface area (Å²) in [5.74, 6) is 2.12. The minimum Gasteiger partial charge on any atom is -0.383 e. The number of rotatable bonds is 7. The Labute approximate surface area is 107 Å². The molecule has 0 saturated heterocycles. The Balaban J connectivity index is 1.75. The van der Waals surface area contributed by atoms with Crippen LogP contribution in [0.1, 0.15) is 58.3 Å². The van der Waals surface area contributed by atoms with Gasteiger partial charge in [-0.2, -0.15) is 0 Å². The van der Waals surface area contributed by atoms with Crippen LogP contribution in [0.25, 0.3) is 0 Å². The van der Waals surface area contributed by atoms with Crippen molar-refractivity contribution in [3.05, 3.63) is 0 Å². The van der Waals surface area contributed by atoms with Gasteiger partial charge in [0.15, 0.2) is 0 Å². The predicted molar refractivity (Wildman–Crippen MR) is 72.2 cm³/mol. The van der Waals surface area contributed by atoms with Crippen molar-refractivity contribution in [2.24, 2.45) is 11.8 Å². The molecule has 100 valence electrons. The lowest BCUT2D eigenvalue weighted by Crippen LogP contribution is -2.43. The first-order chi connectivity index (χ1) is 8.33. The van der Waals surface area contributed by atoms with Crippen LogP contribution in [0.5, 0.6) is 0 Å². The monoisotopic (exact) mass is 239 g/mol. The highest BCUT2D eigenvalue weighted by atomic mass is 16.5. The van der Waals surface area contributed by atoms with Crippen LogP contribution in [0.2, 0.25) is 0 Å². The number of hydrogen-bond acceptors (Lipinski definition) is 2. The van der Waals surface area contributed by atoms with E-state index in [1.165, 1.54) is 51.4 Å². The summed E-state index contributed by atoms with van der Waals surface area (Å²) in [6, 6.07) is 1.34. The molecule has 2 aliphatic carbocycles. The molecule has 0 amide bonds. The molecule has 2 rings (SSSR count). The number of hydrogen-bond donors (Lipinski definition) is 1. The fraction of sp³-hybridized carbons (Fsp3) is 1.00. The molecular formula is C15H29NO. The summed E-state index contributed by atoms with van der Waals surface area (Å²) in [6.07, 6.45) is 11.2. The molecule has 2 saturated carbocycles. The van der Waals surface area contributed by atoms with Crippen LogP contribution in [0.15, 0.2) is 0 Å². The van der Waals surface area contributed by atoms with Crippen molar-refractivity contribution in [1.82, 2.24) is 5.32 Å². The smallest absolute Gasteiger partial charge is 0.0615 e. The van der Waals surface area contributed by atoms with E-state index in [0.29, 0.717) is 6.04 Å². The molecule has 17 heavy (non-hydrogen) atoms. The lowest BCUT2D eigenvalue weighted by atomic mass is 9.82. The fourth-order valence-electron chi connectivity index (χ4n) is 3.47. The van der Waals surface area contributed by atoms with E-state index >= 15 is 0 Å². The molecule has 0 bridgehead atoms. The molecule has 2 aliphatic rings. The molecule has 3 atom stereocenters. The van der Waals surface area contributed by atoms with E-state index in [1.807, 2.05) is 7.11 Å². The summed E-state index contributed by atoms with van der Waals surface area (Å²) < 4.78 is 5.32. The zero-order valence-electron chi connectivity index (χ0n) is 11.6. The lowest BCUT2D eigenvalue weighted by Gasteiger charge is -2.33. The first-order valence-corrected chi connectivity index (χ1v) is 7.58. The van der Waals surface area contributed by atoms with E-state index in [1.54, 1.807) is 0 Å². The topological polar surface area (TPSA) is 21.3 Å².